The molecule has 0 fully saturated rings. The molecule has 14 aromatic carbocycles. The minimum absolute atomic E-state index is 0.111. The van der Waals surface area contributed by atoms with Gasteiger partial charge >= 0.3 is 0 Å². The van der Waals surface area contributed by atoms with Crippen molar-refractivity contribution in [2.24, 2.45) is 0 Å². The number of fused-ring (bicyclic) bond motifs is 13. The first-order chi connectivity index (χ1) is 58.6. The van der Waals surface area contributed by atoms with E-state index in [0.717, 1.165) is 178 Å². The Balaban J connectivity index is 0.880. The highest BCUT2D eigenvalue weighted by Gasteiger charge is 2.46. The van der Waals surface area contributed by atoms with Crippen molar-refractivity contribution < 1.29 is 0 Å². The van der Waals surface area contributed by atoms with Gasteiger partial charge in [0.05, 0.1) is 84.8 Å². The Morgan fingerprint density at radius 1 is 0.298 bits per heavy atom. The molecule has 9 nitrogen and oxygen atoms in total. The molecule has 0 spiro atoms. The zero-order valence-corrected chi connectivity index (χ0v) is 69.9. The molecule has 2 aliphatic rings. The van der Waals surface area contributed by atoms with E-state index in [0.29, 0.717) is 17.0 Å². The van der Waals surface area contributed by atoms with E-state index in [9.17, 15) is 10.5 Å². The minimum Gasteiger partial charge on any atom is -0.311 e. The first-order valence-electron chi connectivity index (χ1n) is 42.1. The van der Waals surface area contributed by atoms with E-state index < -0.39 is 6.71 Å². The normalized spacial score (nSPS) is 12.8. The lowest BCUT2D eigenvalue weighted by atomic mass is 9.33. The average molecular weight is 1560 g/mol. The lowest BCUT2D eigenvalue weighted by Gasteiger charge is -2.45. The van der Waals surface area contributed by atoms with E-state index in [-0.39, 0.29) is 16.2 Å². The third-order valence-corrected chi connectivity index (χ3v) is 25.3. The van der Waals surface area contributed by atoms with Gasteiger partial charge in [0.2, 0.25) is 0 Å². The zero-order chi connectivity index (χ0) is 82.6. The number of anilines is 6. The number of aromatic nitrogens is 5. The highest BCUT2D eigenvalue weighted by molar-refractivity contribution is 7.00. The van der Waals surface area contributed by atoms with Gasteiger partial charge in [0.15, 0.2) is 0 Å². The highest BCUT2D eigenvalue weighted by atomic mass is 15.2. The number of benzene rings is 14. The number of nitriles is 2. The summed E-state index contributed by atoms with van der Waals surface area (Å²) in [5.41, 5.74) is 32.6. The number of hydrogen-bond acceptors (Lipinski definition) is 6. The molecule has 0 saturated carbocycles. The summed E-state index contributed by atoms with van der Waals surface area (Å²) in [4.78, 5) is 17.0. The van der Waals surface area contributed by atoms with E-state index in [1.165, 1.54) is 33.0 Å². The molecule has 7 heterocycles. The Morgan fingerprint density at radius 3 is 1.28 bits per heavy atom. The van der Waals surface area contributed by atoms with Crippen LogP contribution >= 0.6 is 0 Å². The van der Waals surface area contributed by atoms with E-state index >= 15 is 0 Å². The molecule has 0 aliphatic carbocycles. The van der Waals surface area contributed by atoms with E-state index in [1.807, 2.05) is 24.3 Å². The van der Waals surface area contributed by atoms with Crippen molar-refractivity contribution in [3.05, 3.63) is 361 Å². The molecule has 0 amide bonds. The summed E-state index contributed by atoms with van der Waals surface area (Å²) in [6, 6.07) is 126. The van der Waals surface area contributed by atoms with Crippen molar-refractivity contribution >= 4 is 123 Å². The number of pyridine rings is 2. The van der Waals surface area contributed by atoms with Crippen LogP contribution in [0.3, 0.4) is 0 Å². The fraction of sp³-hybridized carbons (Fsp3) is 0.135. The SMILES string of the molecule is CC(C)c1ccc(-c2cc(-c3ccc4c(c3)B3c5cc(-c6cccc(-n7c8ccc(C#N)cc8c8cc(C(C)(C)C)ccc87)n6)ccc5N(c5ccccc5-c5ccccc5)c5cc(-n6c7ccccc7c7ccccc76)cc(c53)N4c3ccc(C(C)(C)C)cc3-c3ccccc3)nc(-n3c4ccc(C#N)cc4c4cc(C(C)(C)C)ccc43)c2)cc1. The zero-order valence-electron chi connectivity index (χ0n) is 69.9. The van der Waals surface area contributed by atoms with Crippen molar-refractivity contribution in [3.8, 4) is 85.4 Å². The fourth-order valence-electron chi connectivity index (χ4n) is 19.1. The van der Waals surface area contributed by atoms with E-state index in [4.69, 9.17) is 9.97 Å². The second-order valence-corrected chi connectivity index (χ2v) is 36.2. The first-order valence-corrected chi connectivity index (χ1v) is 42.1. The molecule has 580 valence electrons. The molecule has 0 unspecified atom stereocenters. The molecule has 0 bridgehead atoms. The number of hydrogen-bond donors (Lipinski definition) is 0. The summed E-state index contributed by atoms with van der Waals surface area (Å²) in [5.74, 6) is 1.88. The van der Waals surface area contributed by atoms with Crippen LogP contribution in [0.15, 0.2) is 328 Å². The molecule has 10 heteroatoms. The summed E-state index contributed by atoms with van der Waals surface area (Å²) in [5, 5.41) is 27.5. The Kier molecular flexibility index (Phi) is 17.2. The third kappa shape index (κ3) is 12.2. The Hall–Kier alpha value is -14.6. The quantitative estimate of drug-likeness (QED) is 0.120. The second-order valence-electron chi connectivity index (χ2n) is 36.2. The van der Waals surface area contributed by atoms with Crippen molar-refractivity contribution in [2.75, 3.05) is 9.80 Å². The van der Waals surface area contributed by atoms with Crippen LogP contribution in [0, 0.1) is 22.7 Å². The molecule has 2 aliphatic heterocycles. The topological polar surface area (TPSA) is 94.6 Å². The van der Waals surface area contributed by atoms with Gasteiger partial charge in [-0.2, -0.15) is 10.5 Å². The summed E-state index contributed by atoms with van der Waals surface area (Å²) in [6.45, 7) is 24.5. The predicted octanol–water partition coefficient (Wildman–Crippen LogP) is 26.9. The summed E-state index contributed by atoms with van der Waals surface area (Å²) in [7, 11) is 0. The van der Waals surface area contributed by atoms with Crippen LogP contribution in [0.25, 0.3) is 139 Å². The van der Waals surface area contributed by atoms with Crippen LogP contribution in [0.2, 0.25) is 0 Å². The van der Waals surface area contributed by atoms with Crippen LogP contribution in [0.1, 0.15) is 115 Å². The van der Waals surface area contributed by atoms with Gasteiger partial charge in [0.1, 0.15) is 11.6 Å². The molecule has 0 saturated heterocycles. The predicted molar refractivity (Wildman–Crippen MR) is 506 cm³/mol. The van der Waals surface area contributed by atoms with Gasteiger partial charge in [-0.1, -0.05) is 264 Å². The van der Waals surface area contributed by atoms with Crippen LogP contribution in [0.4, 0.5) is 34.1 Å². The van der Waals surface area contributed by atoms with Crippen molar-refractivity contribution in [2.45, 2.75) is 98.3 Å². The molecule has 5 aromatic heterocycles. The maximum absolute atomic E-state index is 10.5. The summed E-state index contributed by atoms with van der Waals surface area (Å²) in [6.07, 6.45) is 0. The Morgan fingerprint density at radius 2 is 0.736 bits per heavy atom. The summed E-state index contributed by atoms with van der Waals surface area (Å²) >= 11 is 0. The fourth-order valence-corrected chi connectivity index (χ4v) is 19.1. The molecule has 19 aromatic rings. The number of rotatable bonds is 11. The maximum Gasteiger partial charge on any atom is 0.252 e. The van der Waals surface area contributed by atoms with Crippen LogP contribution in [-0.4, -0.2) is 30.4 Å². The van der Waals surface area contributed by atoms with E-state index in [2.05, 4.69) is 415 Å². The van der Waals surface area contributed by atoms with Crippen molar-refractivity contribution in [1.82, 2.24) is 23.7 Å². The monoisotopic (exact) mass is 1560 g/mol. The molecule has 0 N–H and O–H groups in total. The maximum atomic E-state index is 10.5. The lowest BCUT2D eigenvalue weighted by Crippen LogP contribution is -2.61. The van der Waals surface area contributed by atoms with Crippen molar-refractivity contribution in [1.29, 1.82) is 10.5 Å². The van der Waals surface area contributed by atoms with Crippen LogP contribution in [0.5, 0.6) is 0 Å². The number of nitrogens with zero attached hydrogens (tertiary/aromatic N) is 9. The van der Waals surface area contributed by atoms with Gasteiger partial charge in [-0.15, -0.1) is 0 Å². The van der Waals surface area contributed by atoms with Crippen LogP contribution in [-0.2, 0) is 16.2 Å². The van der Waals surface area contributed by atoms with E-state index in [1.54, 1.807) is 0 Å². The molecule has 0 radical (unpaired) electrons. The molecule has 21 rings (SSSR count). The first kappa shape index (κ1) is 74.0. The molecular weight excluding hydrogens is 1470 g/mol. The van der Waals surface area contributed by atoms with Gasteiger partial charge in [-0.25, -0.2) is 9.97 Å². The number of para-hydroxylation sites is 3. The summed E-state index contributed by atoms with van der Waals surface area (Å²) < 4.78 is 7.08. The van der Waals surface area contributed by atoms with Gasteiger partial charge in [-0.05, 0) is 234 Å². The Bertz CT molecular complexity index is 7540. The second kappa shape index (κ2) is 28.1. The lowest BCUT2D eigenvalue weighted by molar-refractivity contribution is 0.590. The molecule has 121 heavy (non-hydrogen) atoms. The average Bonchev–Trinajstić information content (AvgIpc) is 1.31. The van der Waals surface area contributed by atoms with Gasteiger partial charge in [0, 0.05) is 66.2 Å². The minimum atomic E-state index is -0.422. The van der Waals surface area contributed by atoms with Gasteiger partial charge in [0.25, 0.3) is 6.71 Å². The standard InChI is InChI=1S/C111H88BN9/c1-68(2)71-39-41-72(42-40-71)77-59-93(116-107(60-77)121-99-49-38-70(67-114)56-87(99)89-63-80(111(9,10)11)47-54-101(89)121)76-44-51-103-91(58-76)112-90-57-75(92-32-24-36-106(115-92)120-98-48-37-69(66-113)55-86(98)88-62-79(110(6,7)8)46-53-100(88)120)43-50-102(90)118(94-33-21-18-29-82(94)73-25-14-12-15-26-73)104-64-81(117-95-34-22-19-30-83(95)84-31-20-23-35-96(84)117)65-105(108(104)112)119(103)97-52-45-78(109(3,4)5)61-85(97)74-27-16-13-17-28-74/h12-65,68H,1-11H3. The Labute approximate surface area is 706 Å². The largest absolute Gasteiger partial charge is 0.311 e. The highest BCUT2D eigenvalue weighted by Crippen LogP contribution is 2.52. The van der Waals surface area contributed by atoms with Gasteiger partial charge in [-0.3, -0.25) is 9.13 Å². The molecule has 0 atom stereocenters. The molecular formula is C111H88BN9. The van der Waals surface area contributed by atoms with Gasteiger partial charge < -0.3 is 14.4 Å². The van der Waals surface area contributed by atoms with Crippen LogP contribution < -0.4 is 26.2 Å². The third-order valence-electron chi connectivity index (χ3n) is 25.3. The van der Waals surface area contributed by atoms with Crippen molar-refractivity contribution in [3.63, 3.8) is 0 Å². The smallest absolute Gasteiger partial charge is 0.252 e.